The summed E-state index contributed by atoms with van der Waals surface area (Å²) < 4.78 is 5.49. The summed E-state index contributed by atoms with van der Waals surface area (Å²) in [5.74, 6) is -0.0438. The number of thioether (sulfide) groups is 1. The predicted octanol–water partition coefficient (Wildman–Crippen LogP) is 3.75. The topological polar surface area (TPSA) is 62.1 Å². The number of carbonyl (C=O) groups excluding carboxylic acids is 1. The molecule has 1 aromatic carbocycles. The van der Waals surface area contributed by atoms with Crippen LogP contribution in [0, 0.1) is 16.6 Å². The van der Waals surface area contributed by atoms with Crippen LogP contribution in [0.4, 0.5) is 5.69 Å². The number of nitriles is 1. The summed E-state index contributed by atoms with van der Waals surface area (Å²) >= 11 is 1.16. The molecule has 1 N–H and O–H groups in total. The number of nitrogens with zero attached hydrogens (tertiary/aromatic N) is 1. The maximum absolute atomic E-state index is 12.5. The van der Waals surface area contributed by atoms with Crippen LogP contribution in [0.1, 0.15) is 38.3 Å². The molecule has 1 aliphatic rings. The van der Waals surface area contributed by atoms with Gasteiger partial charge in [-0.2, -0.15) is 5.26 Å². The van der Waals surface area contributed by atoms with Gasteiger partial charge >= 0.3 is 0 Å². The zero-order valence-electron chi connectivity index (χ0n) is 13.3. The number of hydrogen-bond donors (Lipinski definition) is 1. The number of aryl methyl sites for hydroxylation is 2. The molecule has 2 rings (SSSR count). The summed E-state index contributed by atoms with van der Waals surface area (Å²) in [6.07, 6.45) is 2.39. The molecule has 4 nitrogen and oxygen atoms in total. The first kappa shape index (κ1) is 16.9. The second-order valence-corrected chi connectivity index (χ2v) is 6.34. The van der Waals surface area contributed by atoms with Crippen molar-refractivity contribution in [3.05, 3.63) is 23.3 Å². The SMILES string of the molecule is CCc1cc(SC#N)cc(CC)c1NC(=O)[C@H]1CCO[C@H]1C. The highest BCUT2D eigenvalue weighted by Crippen LogP contribution is 2.31. The maximum Gasteiger partial charge on any atom is 0.230 e. The third-order valence-corrected chi connectivity index (χ3v) is 4.72. The Bertz CT molecular complexity index is 570. The van der Waals surface area contributed by atoms with Gasteiger partial charge in [0.1, 0.15) is 5.40 Å². The van der Waals surface area contributed by atoms with E-state index in [0.717, 1.165) is 52.7 Å². The second-order valence-electron chi connectivity index (χ2n) is 5.48. The number of nitrogens with one attached hydrogen (secondary N) is 1. The number of rotatable bonds is 5. The molecule has 0 saturated carbocycles. The van der Waals surface area contributed by atoms with Crippen molar-refractivity contribution in [1.82, 2.24) is 0 Å². The molecule has 0 radical (unpaired) electrons. The van der Waals surface area contributed by atoms with Crippen LogP contribution in [-0.2, 0) is 22.4 Å². The molecule has 0 unspecified atom stereocenters. The van der Waals surface area contributed by atoms with E-state index in [1.54, 1.807) is 0 Å². The van der Waals surface area contributed by atoms with Gasteiger partial charge in [0.2, 0.25) is 5.91 Å². The van der Waals surface area contributed by atoms with Crippen LogP contribution in [0.15, 0.2) is 17.0 Å². The minimum absolute atomic E-state index is 0.0245. The summed E-state index contributed by atoms with van der Waals surface area (Å²) in [7, 11) is 0. The van der Waals surface area contributed by atoms with Gasteiger partial charge in [-0.15, -0.1) is 0 Å². The third-order valence-electron chi connectivity index (χ3n) is 4.16. The molecule has 5 heteroatoms. The van der Waals surface area contributed by atoms with Gasteiger partial charge in [0.25, 0.3) is 0 Å². The molecule has 1 heterocycles. The third kappa shape index (κ3) is 3.63. The Balaban J connectivity index is 2.29. The number of hydrogen-bond acceptors (Lipinski definition) is 4. The van der Waals surface area contributed by atoms with Crippen molar-refractivity contribution in [1.29, 1.82) is 5.26 Å². The zero-order valence-corrected chi connectivity index (χ0v) is 14.1. The van der Waals surface area contributed by atoms with Crippen LogP contribution in [0.25, 0.3) is 0 Å². The highest BCUT2D eigenvalue weighted by Gasteiger charge is 2.31. The van der Waals surface area contributed by atoms with Gasteiger partial charge < -0.3 is 10.1 Å². The molecular weight excluding hydrogens is 296 g/mol. The van der Waals surface area contributed by atoms with Gasteiger partial charge in [0, 0.05) is 17.2 Å². The van der Waals surface area contributed by atoms with E-state index >= 15 is 0 Å². The zero-order chi connectivity index (χ0) is 16.1. The first-order valence-corrected chi connectivity index (χ1v) is 8.56. The Hall–Kier alpha value is -1.51. The quantitative estimate of drug-likeness (QED) is 0.663. The largest absolute Gasteiger partial charge is 0.378 e. The van der Waals surface area contributed by atoms with Crippen LogP contribution in [0.3, 0.4) is 0 Å². The van der Waals surface area contributed by atoms with Crippen molar-refractivity contribution in [3.63, 3.8) is 0 Å². The van der Waals surface area contributed by atoms with E-state index in [-0.39, 0.29) is 17.9 Å². The number of anilines is 1. The molecule has 0 aliphatic carbocycles. The van der Waals surface area contributed by atoms with Crippen molar-refractivity contribution in [2.24, 2.45) is 5.92 Å². The molecule has 0 spiro atoms. The normalized spacial score (nSPS) is 20.6. The average molecular weight is 318 g/mol. The summed E-state index contributed by atoms with van der Waals surface area (Å²) in [6, 6.07) is 3.99. The summed E-state index contributed by atoms with van der Waals surface area (Å²) in [4.78, 5) is 13.5. The molecule has 0 bridgehead atoms. The molecular formula is C17H22N2O2S. The molecule has 2 atom stereocenters. The monoisotopic (exact) mass is 318 g/mol. The lowest BCUT2D eigenvalue weighted by molar-refractivity contribution is -0.121. The Morgan fingerprint density at radius 1 is 1.41 bits per heavy atom. The Kier molecular flexibility index (Phi) is 5.87. The van der Waals surface area contributed by atoms with Crippen molar-refractivity contribution in [3.8, 4) is 5.40 Å². The smallest absolute Gasteiger partial charge is 0.230 e. The van der Waals surface area contributed by atoms with Crippen LogP contribution in [0.2, 0.25) is 0 Å². The van der Waals surface area contributed by atoms with Crippen molar-refractivity contribution in [2.75, 3.05) is 11.9 Å². The molecule has 0 aromatic heterocycles. The molecule has 118 valence electrons. The molecule has 1 saturated heterocycles. The van der Waals surface area contributed by atoms with Crippen molar-refractivity contribution in [2.45, 2.75) is 51.0 Å². The molecule has 1 aliphatic heterocycles. The fourth-order valence-electron chi connectivity index (χ4n) is 2.86. The van der Waals surface area contributed by atoms with E-state index in [1.165, 1.54) is 0 Å². The summed E-state index contributed by atoms with van der Waals surface area (Å²) in [5.41, 5.74) is 3.07. The molecule has 1 aromatic rings. The number of carbonyl (C=O) groups is 1. The Labute approximate surface area is 136 Å². The highest BCUT2D eigenvalue weighted by atomic mass is 32.2. The lowest BCUT2D eigenvalue weighted by Crippen LogP contribution is -2.28. The van der Waals surface area contributed by atoms with Gasteiger partial charge in [-0.25, -0.2) is 0 Å². The standard InChI is InChI=1S/C17H22N2O2S/c1-4-12-8-14(22-10-18)9-13(5-2)16(12)19-17(20)15-6-7-21-11(15)3/h8-9,11,15H,4-7H2,1-3H3,(H,19,20)/t11-,15-/m0/s1. The summed E-state index contributed by atoms with van der Waals surface area (Å²) in [5, 5.41) is 14.1. The molecule has 22 heavy (non-hydrogen) atoms. The maximum atomic E-state index is 12.5. The van der Waals surface area contributed by atoms with E-state index in [4.69, 9.17) is 10.00 Å². The number of ether oxygens (including phenoxy) is 1. The average Bonchev–Trinajstić information content (AvgIpc) is 2.94. The van der Waals surface area contributed by atoms with E-state index in [2.05, 4.69) is 24.6 Å². The van der Waals surface area contributed by atoms with Crippen LogP contribution in [-0.4, -0.2) is 18.6 Å². The summed E-state index contributed by atoms with van der Waals surface area (Å²) in [6.45, 7) is 6.72. The van der Waals surface area contributed by atoms with Gasteiger partial charge in [-0.3, -0.25) is 4.79 Å². The van der Waals surface area contributed by atoms with E-state index < -0.39 is 0 Å². The molecule has 1 fully saturated rings. The lowest BCUT2D eigenvalue weighted by atomic mass is 9.99. The van der Waals surface area contributed by atoms with Gasteiger partial charge in [0.05, 0.1) is 12.0 Å². The minimum atomic E-state index is -0.0810. The van der Waals surface area contributed by atoms with Gasteiger partial charge in [-0.1, -0.05) is 13.8 Å². The van der Waals surface area contributed by atoms with Crippen LogP contribution < -0.4 is 5.32 Å². The first-order chi connectivity index (χ1) is 10.6. The highest BCUT2D eigenvalue weighted by molar-refractivity contribution is 8.03. The van der Waals surface area contributed by atoms with E-state index in [1.807, 2.05) is 19.1 Å². The number of amides is 1. The Morgan fingerprint density at radius 2 is 2.05 bits per heavy atom. The number of benzene rings is 1. The Morgan fingerprint density at radius 3 is 2.50 bits per heavy atom. The van der Waals surface area contributed by atoms with E-state index in [0.29, 0.717) is 6.61 Å². The van der Waals surface area contributed by atoms with Crippen LogP contribution in [0.5, 0.6) is 0 Å². The fraction of sp³-hybridized carbons (Fsp3) is 0.529. The van der Waals surface area contributed by atoms with Crippen LogP contribution >= 0.6 is 11.8 Å². The van der Waals surface area contributed by atoms with Crippen molar-refractivity contribution >= 4 is 23.4 Å². The minimum Gasteiger partial charge on any atom is -0.378 e. The van der Waals surface area contributed by atoms with Crippen molar-refractivity contribution < 1.29 is 9.53 Å². The molecule has 1 amide bonds. The predicted molar refractivity (Wildman–Crippen MR) is 88.8 cm³/mol. The fourth-order valence-corrected chi connectivity index (χ4v) is 3.37. The second kappa shape index (κ2) is 7.66. The van der Waals surface area contributed by atoms with Gasteiger partial charge in [0.15, 0.2) is 0 Å². The van der Waals surface area contributed by atoms with E-state index in [9.17, 15) is 4.79 Å². The first-order valence-electron chi connectivity index (χ1n) is 7.74. The van der Waals surface area contributed by atoms with Gasteiger partial charge in [-0.05, 0) is 61.2 Å². The number of thiocyanates is 1. The lowest BCUT2D eigenvalue weighted by Gasteiger charge is -2.19.